The van der Waals surface area contributed by atoms with E-state index in [1.54, 1.807) is 17.5 Å². The van der Waals surface area contributed by atoms with Crippen molar-refractivity contribution in [3.63, 3.8) is 0 Å². The molecule has 1 unspecified atom stereocenters. The van der Waals surface area contributed by atoms with Crippen LogP contribution in [-0.4, -0.2) is 21.9 Å². The molecule has 16 heavy (non-hydrogen) atoms. The van der Waals surface area contributed by atoms with Gasteiger partial charge < -0.3 is 10.4 Å². The minimum Gasteiger partial charge on any atom is -0.396 e. The molecule has 0 saturated carbocycles. The van der Waals surface area contributed by atoms with Gasteiger partial charge >= 0.3 is 0 Å². The Labute approximate surface area is 98.3 Å². The predicted octanol–water partition coefficient (Wildman–Crippen LogP) is 1.68. The highest BCUT2D eigenvalue weighted by molar-refractivity contribution is 7.10. The summed E-state index contributed by atoms with van der Waals surface area (Å²) in [4.78, 5) is 1.26. The molecule has 0 fully saturated rings. The van der Waals surface area contributed by atoms with E-state index in [0.29, 0.717) is 0 Å². The molecular weight excluding hydrogens is 222 g/mol. The van der Waals surface area contributed by atoms with Crippen molar-refractivity contribution in [2.45, 2.75) is 19.0 Å². The molecule has 2 aromatic rings. The van der Waals surface area contributed by atoms with Crippen LogP contribution in [0.15, 0.2) is 29.8 Å². The Kier molecular flexibility index (Phi) is 4.10. The quantitative estimate of drug-likeness (QED) is 0.716. The molecule has 2 rings (SSSR count). The van der Waals surface area contributed by atoms with Gasteiger partial charge in [-0.3, -0.25) is 5.10 Å². The third-order valence-corrected chi connectivity index (χ3v) is 3.39. The van der Waals surface area contributed by atoms with E-state index in [2.05, 4.69) is 27.0 Å². The average molecular weight is 237 g/mol. The number of aliphatic hydroxyl groups is 1. The first-order chi connectivity index (χ1) is 7.90. The molecule has 86 valence electrons. The summed E-state index contributed by atoms with van der Waals surface area (Å²) in [6.45, 7) is 0.932. The van der Waals surface area contributed by atoms with Crippen molar-refractivity contribution in [1.82, 2.24) is 15.5 Å². The first-order valence-electron chi connectivity index (χ1n) is 5.26. The number of thiophene rings is 1. The van der Waals surface area contributed by atoms with Gasteiger partial charge in [0.1, 0.15) is 0 Å². The van der Waals surface area contributed by atoms with Gasteiger partial charge in [0.25, 0.3) is 0 Å². The van der Waals surface area contributed by atoms with Gasteiger partial charge in [-0.05, 0) is 23.9 Å². The van der Waals surface area contributed by atoms with Crippen molar-refractivity contribution in [1.29, 1.82) is 0 Å². The lowest BCUT2D eigenvalue weighted by atomic mass is 10.2. The molecule has 0 amide bonds. The summed E-state index contributed by atoms with van der Waals surface area (Å²) in [5.41, 5.74) is 1.06. The number of nitrogens with one attached hydrogen (secondary N) is 2. The number of hydrogen-bond acceptors (Lipinski definition) is 4. The zero-order valence-corrected chi connectivity index (χ0v) is 9.70. The number of hydrogen-bond donors (Lipinski definition) is 3. The van der Waals surface area contributed by atoms with Crippen molar-refractivity contribution < 1.29 is 5.11 Å². The molecule has 0 aliphatic heterocycles. The molecule has 0 aromatic carbocycles. The van der Waals surface area contributed by atoms with Crippen LogP contribution in [0.4, 0.5) is 0 Å². The van der Waals surface area contributed by atoms with E-state index >= 15 is 0 Å². The molecule has 2 heterocycles. The van der Waals surface area contributed by atoms with E-state index in [1.165, 1.54) is 4.88 Å². The largest absolute Gasteiger partial charge is 0.396 e. The highest BCUT2D eigenvalue weighted by Crippen LogP contribution is 2.21. The summed E-state index contributed by atoms with van der Waals surface area (Å²) in [6.07, 6.45) is 2.47. The van der Waals surface area contributed by atoms with Crippen LogP contribution in [-0.2, 0) is 6.54 Å². The maximum absolute atomic E-state index is 9.04. The second kappa shape index (κ2) is 5.79. The second-order valence-electron chi connectivity index (χ2n) is 3.54. The lowest BCUT2D eigenvalue weighted by Crippen LogP contribution is -2.21. The summed E-state index contributed by atoms with van der Waals surface area (Å²) in [5, 5.41) is 21.3. The summed E-state index contributed by atoms with van der Waals surface area (Å²) in [6, 6.07) is 6.28. The number of aromatic nitrogens is 2. The Bertz CT molecular complexity index is 385. The number of aromatic amines is 1. The molecule has 3 N–H and O–H groups in total. The summed E-state index contributed by atoms with van der Waals surface area (Å²) < 4.78 is 0. The zero-order chi connectivity index (χ0) is 11.2. The molecule has 5 heteroatoms. The van der Waals surface area contributed by atoms with Crippen molar-refractivity contribution in [2.24, 2.45) is 0 Å². The third kappa shape index (κ3) is 2.91. The van der Waals surface area contributed by atoms with Crippen molar-refractivity contribution >= 4 is 11.3 Å². The van der Waals surface area contributed by atoms with Gasteiger partial charge in [0.2, 0.25) is 0 Å². The molecule has 0 bridgehead atoms. The zero-order valence-electron chi connectivity index (χ0n) is 8.89. The number of nitrogens with zero attached hydrogens (tertiary/aromatic N) is 1. The van der Waals surface area contributed by atoms with Crippen LogP contribution in [0.2, 0.25) is 0 Å². The second-order valence-corrected chi connectivity index (χ2v) is 4.52. The van der Waals surface area contributed by atoms with Crippen LogP contribution in [0.25, 0.3) is 0 Å². The maximum Gasteiger partial charge on any atom is 0.0490 e. The van der Waals surface area contributed by atoms with Crippen LogP contribution in [0, 0.1) is 0 Å². The normalized spacial score (nSPS) is 12.8. The standard InChI is InChI=1S/C11H15N3OS/c15-6-4-10(11-2-1-7-16-11)12-8-9-3-5-13-14-9/h1-3,5,7,10,12,15H,4,6,8H2,(H,13,14). The first kappa shape index (κ1) is 11.3. The van der Waals surface area contributed by atoms with Gasteiger partial charge in [-0.2, -0.15) is 5.10 Å². The SMILES string of the molecule is OCCC(NCc1ccn[nH]1)c1cccs1. The highest BCUT2D eigenvalue weighted by Gasteiger charge is 2.11. The summed E-state index contributed by atoms with van der Waals surface area (Å²) in [7, 11) is 0. The molecule has 4 nitrogen and oxygen atoms in total. The van der Waals surface area contributed by atoms with E-state index in [4.69, 9.17) is 5.11 Å². The Morgan fingerprint density at radius 2 is 2.44 bits per heavy atom. The van der Waals surface area contributed by atoms with E-state index in [9.17, 15) is 0 Å². The van der Waals surface area contributed by atoms with Crippen LogP contribution >= 0.6 is 11.3 Å². The summed E-state index contributed by atoms with van der Waals surface area (Å²) in [5.74, 6) is 0. The summed E-state index contributed by atoms with van der Waals surface area (Å²) >= 11 is 1.71. The molecule has 0 aliphatic carbocycles. The lowest BCUT2D eigenvalue weighted by Gasteiger charge is -2.15. The van der Waals surface area contributed by atoms with Crippen LogP contribution < -0.4 is 5.32 Å². The number of H-pyrrole nitrogens is 1. The molecule has 1 atom stereocenters. The minimum atomic E-state index is 0.193. The van der Waals surface area contributed by atoms with Gasteiger partial charge in [0.15, 0.2) is 0 Å². The molecule has 2 aromatic heterocycles. The molecular formula is C11H15N3OS. The maximum atomic E-state index is 9.04. The van der Waals surface area contributed by atoms with Gasteiger partial charge in [0, 0.05) is 36.0 Å². The Morgan fingerprint density at radius 3 is 3.06 bits per heavy atom. The molecule has 0 radical (unpaired) electrons. The Morgan fingerprint density at radius 1 is 1.50 bits per heavy atom. The smallest absolute Gasteiger partial charge is 0.0490 e. The Balaban J connectivity index is 1.93. The van der Waals surface area contributed by atoms with Crippen LogP contribution in [0.1, 0.15) is 23.0 Å². The highest BCUT2D eigenvalue weighted by atomic mass is 32.1. The van der Waals surface area contributed by atoms with Crippen molar-refractivity contribution in [3.8, 4) is 0 Å². The number of aliphatic hydroxyl groups excluding tert-OH is 1. The third-order valence-electron chi connectivity index (χ3n) is 2.40. The van der Waals surface area contributed by atoms with Crippen LogP contribution in [0.3, 0.4) is 0 Å². The van der Waals surface area contributed by atoms with Crippen LogP contribution in [0.5, 0.6) is 0 Å². The average Bonchev–Trinajstić information content (AvgIpc) is 2.96. The molecule has 0 spiro atoms. The van der Waals surface area contributed by atoms with Gasteiger partial charge in [-0.15, -0.1) is 11.3 Å². The van der Waals surface area contributed by atoms with E-state index < -0.39 is 0 Å². The van der Waals surface area contributed by atoms with E-state index in [-0.39, 0.29) is 12.6 Å². The minimum absolute atomic E-state index is 0.193. The fraction of sp³-hybridized carbons (Fsp3) is 0.364. The lowest BCUT2D eigenvalue weighted by molar-refractivity contribution is 0.266. The topological polar surface area (TPSA) is 60.9 Å². The first-order valence-corrected chi connectivity index (χ1v) is 6.14. The van der Waals surface area contributed by atoms with Gasteiger partial charge in [-0.1, -0.05) is 6.07 Å². The number of rotatable bonds is 6. The van der Waals surface area contributed by atoms with E-state index in [0.717, 1.165) is 18.7 Å². The molecule has 0 aliphatic rings. The Hall–Kier alpha value is -1.17. The molecule has 0 saturated heterocycles. The van der Waals surface area contributed by atoms with Crippen molar-refractivity contribution in [2.75, 3.05) is 6.61 Å². The monoisotopic (exact) mass is 237 g/mol. The predicted molar refractivity (Wildman–Crippen MR) is 64.2 cm³/mol. The van der Waals surface area contributed by atoms with Gasteiger partial charge in [0.05, 0.1) is 0 Å². The fourth-order valence-corrected chi connectivity index (χ4v) is 2.42. The van der Waals surface area contributed by atoms with E-state index in [1.807, 2.05) is 12.1 Å². The van der Waals surface area contributed by atoms with Crippen molar-refractivity contribution in [3.05, 3.63) is 40.3 Å². The fourth-order valence-electron chi connectivity index (χ4n) is 1.58. The van der Waals surface area contributed by atoms with Gasteiger partial charge in [-0.25, -0.2) is 0 Å².